The van der Waals surface area contributed by atoms with Crippen molar-refractivity contribution in [2.24, 2.45) is 18.9 Å². The SMILES string of the molecule is CC(C)C(C=O)C(=C=O)CCc1ccc(-c2ccn(C)n2)cc1. The van der Waals surface area contributed by atoms with E-state index >= 15 is 0 Å². The third-order valence-corrected chi connectivity index (χ3v) is 4.04. The van der Waals surface area contributed by atoms with Crippen molar-refractivity contribution in [2.45, 2.75) is 26.7 Å². The maximum Gasteiger partial charge on any atom is 0.128 e. The van der Waals surface area contributed by atoms with Gasteiger partial charge in [0, 0.05) is 30.3 Å². The first-order valence-electron chi connectivity index (χ1n) is 7.83. The zero-order valence-electron chi connectivity index (χ0n) is 13.8. The van der Waals surface area contributed by atoms with Crippen LogP contribution in [0.5, 0.6) is 0 Å². The molecule has 0 saturated carbocycles. The van der Waals surface area contributed by atoms with E-state index in [1.165, 1.54) is 0 Å². The Labute approximate surface area is 136 Å². The Kier molecular flexibility index (Phi) is 5.67. The van der Waals surface area contributed by atoms with Crippen molar-refractivity contribution in [3.05, 3.63) is 47.7 Å². The van der Waals surface area contributed by atoms with Crippen LogP contribution in [-0.4, -0.2) is 22.0 Å². The van der Waals surface area contributed by atoms with Crippen LogP contribution in [0.4, 0.5) is 0 Å². The average Bonchev–Trinajstić information content (AvgIpc) is 2.98. The number of aromatic nitrogens is 2. The number of nitrogens with zero attached hydrogens (tertiary/aromatic N) is 2. The van der Waals surface area contributed by atoms with E-state index in [0.717, 1.165) is 29.5 Å². The molecule has 1 unspecified atom stereocenters. The third kappa shape index (κ3) is 4.27. The van der Waals surface area contributed by atoms with Gasteiger partial charge in [-0.3, -0.25) is 4.68 Å². The summed E-state index contributed by atoms with van der Waals surface area (Å²) in [7, 11) is 1.89. The molecule has 4 nitrogen and oxygen atoms in total. The van der Waals surface area contributed by atoms with Crippen LogP contribution >= 0.6 is 0 Å². The highest BCUT2D eigenvalue weighted by Crippen LogP contribution is 2.22. The van der Waals surface area contributed by atoms with Gasteiger partial charge in [-0.2, -0.15) is 5.10 Å². The smallest absolute Gasteiger partial charge is 0.128 e. The predicted molar refractivity (Wildman–Crippen MR) is 90.6 cm³/mol. The van der Waals surface area contributed by atoms with Crippen LogP contribution in [0, 0.1) is 11.8 Å². The van der Waals surface area contributed by atoms with Crippen molar-refractivity contribution in [2.75, 3.05) is 0 Å². The molecule has 4 heteroatoms. The van der Waals surface area contributed by atoms with Gasteiger partial charge in [0.05, 0.1) is 5.69 Å². The molecule has 0 saturated heterocycles. The summed E-state index contributed by atoms with van der Waals surface area (Å²) in [6.45, 7) is 3.89. The molecule has 23 heavy (non-hydrogen) atoms. The van der Waals surface area contributed by atoms with Crippen molar-refractivity contribution in [1.29, 1.82) is 0 Å². The van der Waals surface area contributed by atoms with Crippen molar-refractivity contribution in [1.82, 2.24) is 9.78 Å². The van der Waals surface area contributed by atoms with Crippen LogP contribution < -0.4 is 0 Å². The summed E-state index contributed by atoms with van der Waals surface area (Å²) in [5.41, 5.74) is 3.69. The van der Waals surface area contributed by atoms with Gasteiger partial charge in [-0.1, -0.05) is 38.1 Å². The molecule has 1 atom stereocenters. The number of benzene rings is 1. The van der Waals surface area contributed by atoms with E-state index in [2.05, 4.69) is 5.10 Å². The summed E-state index contributed by atoms with van der Waals surface area (Å²) < 4.78 is 1.77. The van der Waals surface area contributed by atoms with E-state index < -0.39 is 0 Å². The second-order valence-electron chi connectivity index (χ2n) is 6.10. The Morgan fingerprint density at radius 2 is 1.96 bits per heavy atom. The molecule has 0 aliphatic carbocycles. The highest BCUT2D eigenvalue weighted by molar-refractivity contribution is 5.67. The lowest BCUT2D eigenvalue weighted by Gasteiger charge is -2.15. The first kappa shape index (κ1) is 16.9. The average molecular weight is 310 g/mol. The fourth-order valence-corrected chi connectivity index (χ4v) is 2.62. The van der Waals surface area contributed by atoms with Gasteiger partial charge < -0.3 is 4.79 Å². The van der Waals surface area contributed by atoms with Gasteiger partial charge in [0.2, 0.25) is 0 Å². The molecule has 1 heterocycles. The molecule has 1 aromatic carbocycles. The maximum absolute atomic E-state index is 11.2. The van der Waals surface area contributed by atoms with Crippen molar-refractivity contribution >= 4 is 12.2 Å². The molecule has 0 amide bonds. The highest BCUT2D eigenvalue weighted by atomic mass is 16.1. The van der Waals surface area contributed by atoms with Crippen LogP contribution in [0.25, 0.3) is 11.3 Å². The number of hydrogen-bond acceptors (Lipinski definition) is 3. The second-order valence-corrected chi connectivity index (χ2v) is 6.10. The maximum atomic E-state index is 11.2. The number of allylic oxidation sites excluding steroid dienone is 1. The minimum absolute atomic E-state index is 0.121. The van der Waals surface area contributed by atoms with Crippen LogP contribution in [-0.2, 0) is 23.1 Å². The number of carbonyl (C=O) groups is 1. The van der Waals surface area contributed by atoms with Crippen LogP contribution in [0.1, 0.15) is 25.8 Å². The van der Waals surface area contributed by atoms with E-state index in [0.29, 0.717) is 12.0 Å². The third-order valence-electron chi connectivity index (χ3n) is 4.04. The van der Waals surface area contributed by atoms with Crippen molar-refractivity contribution < 1.29 is 9.59 Å². The number of carbonyl (C=O) groups excluding carboxylic acids is 2. The fraction of sp³-hybridized carbons (Fsp3) is 0.368. The Bertz CT molecular complexity index is 707. The van der Waals surface area contributed by atoms with E-state index in [1.54, 1.807) is 4.68 Å². The first-order chi connectivity index (χ1) is 11.0. The number of rotatable bonds is 7. The molecule has 0 fully saturated rings. The largest absolute Gasteiger partial charge is 0.303 e. The number of aryl methyl sites for hydroxylation is 2. The van der Waals surface area contributed by atoms with Gasteiger partial charge in [-0.05, 0) is 30.4 Å². The summed E-state index contributed by atoms with van der Waals surface area (Å²) >= 11 is 0. The topological polar surface area (TPSA) is 52.0 Å². The standard InChI is InChI=1S/C19H22N2O2/c1-14(2)18(13-23)17(12-22)9-6-15-4-7-16(8-5-15)19-10-11-21(3)20-19/h4-5,7-8,10-11,13-14,18H,6,9H2,1-3H3. The van der Waals surface area contributed by atoms with E-state index in [1.807, 2.05) is 63.4 Å². The molecule has 2 rings (SSSR count). The van der Waals surface area contributed by atoms with E-state index in [9.17, 15) is 9.59 Å². The summed E-state index contributed by atoms with van der Waals surface area (Å²) in [5.74, 6) is 1.76. The second kappa shape index (κ2) is 7.70. The number of aldehydes is 1. The molecule has 120 valence electrons. The molecule has 0 aliphatic rings. The summed E-state index contributed by atoms with van der Waals surface area (Å²) in [6, 6.07) is 10.1. The van der Waals surface area contributed by atoms with Gasteiger partial charge in [0.15, 0.2) is 0 Å². The lowest BCUT2D eigenvalue weighted by atomic mass is 9.87. The monoisotopic (exact) mass is 310 g/mol. The summed E-state index contributed by atoms with van der Waals surface area (Å²) in [5, 5.41) is 4.37. The molecule has 0 bridgehead atoms. The molecule has 2 aromatic rings. The normalized spacial score (nSPS) is 12.0. The summed E-state index contributed by atoms with van der Waals surface area (Å²) in [6.07, 6.45) is 4.06. The lowest BCUT2D eigenvalue weighted by molar-refractivity contribution is -0.111. The Balaban J connectivity index is 2.03. The van der Waals surface area contributed by atoms with E-state index in [-0.39, 0.29) is 11.8 Å². The minimum Gasteiger partial charge on any atom is -0.303 e. The quantitative estimate of drug-likeness (QED) is 0.582. The molecular weight excluding hydrogens is 288 g/mol. The van der Waals surface area contributed by atoms with Gasteiger partial charge >= 0.3 is 0 Å². The van der Waals surface area contributed by atoms with Crippen molar-refractivity contribution in [3.63, 3.8) is 0 Å². The van der Waals surface area contributed by atoms with Gasteiger partial charge in [-0.25, -0.2) is 4.79 Å². The first-order valence-corrected chi connectivity index (χ1v) is 7.83. The minimum atomic E-state index is -0.333. The van der Waals surface area contributed by atoms with E-state index in [4.69, 9.17) is 0 Å². The molecule has 0 spiro atoms. The van der Waals surface area contributed by atoms with Gasteiger partial charge in [-0.15, -0.1) is 0 Å². The Morgan fingerprint density at radius 1 is 1.26 bits per heavy atom. The van der Waals surface area contributed by atoms with Gasteiger partial charge in [0.1, 0.15) is 12.2 Å². The predicted octanol–water partition coefficient (Wildman–Crippen LogP) is 3.25. The van der Waals surface area contributed by atoms with Crippen LogP contribution in [0.2, 0.25) is 0 Å². The highest BCUT2D eigenvalue weighted by Gasteiger charge is 2.18. The Morgan fingerprint density at radius 3 is 2.43 bits per heavy atom. The van der Waals surface area contributed by atoms with Crippen molar-refractivity contribution in [3.8, 4) is 11.3 Å². The molecule has 0 N–H and O–H groups in total. The zero-order chi connectivity index (χ0) is 16.8. The summed E-state index contributed by atoms with van der Waals surface area (Å²) in [4.78, 5) is 22.3. The molecule has 0 radical (unpaired) electrons. The fourth-order valence-electron chi connectivity index (χ4n) is 2.62. The lowest BCUT2D eigenvalue weighted by Crippen LogP contribution is -2.14. The number of hydrogen-bond donors (Lipinski definition) is 0. The molecular formula is C19H22N2O2. The molecule has 1 aromatic heterocycles. The van der Waals surface area contributed by atoms with Gasteiger partial charge in [0.25, 0.3) is 0 Å². The van der Waals surface area contributed by atoms with Crippen LogP contribution in [0.15, 0.2) is 42.1 Å². The molecule has 0 aliphatic heterocycles. The zero-order valence-corrected chi connectivity index (χ0v) is 13.8. The Hall–Kier alpha value is -2.45. The van der Waals surface area contributed by atoms with Crippen LogP contribution in [0.3, 0.4) is 0 Å².